The summed E-state index contributed by atoms with van der Waals surface area (Å²) in [6.07, 6.45) is -0.325. The summed E-state index contributed by atoms with van der Waals surface area (Å²) >= 11 is 0. The molecule has 0 saturated carbocycles. The summed E-state index contributed by atoms with van der Waals surface area (Å²) in [6, 6.07) is 72.1. The number of nitrogens with one attached hydrogen (secondary N) is 1. The Morgan fingerprint density at radius 1 is 0.364 bits per heavy atom. The Labute approximate surface area is 321 Å². The molecule has 3 aliphatic rings. The Balaban J connectivity index is 1.07. The van der Waals surface area contributed by atoms with E-state index in [1.54, 1.807) is 0 Å². The highest BCUT2D eigenvalue weighted by Gasteiger charge is 2.51. The molecule has 1 unspecified atom stereocenters. The summed E-state index contributed by atoms with van der Waals surface area (Å²) < 4.78 is 0. The van der Waals surface area contributed by atoms with Gasteiger partial charge >= 0.3 is 0 Å². The maximum Gasteiger partial charge on any atom is 0.159 e. The van der Waals surface area contributed by atoms with Gasteiger partial charge in [0.2, 0.25) is 0 Å². The number of fused-ring (bicyclic) bond motifs is 10. The molecule has 0 amide bonds. The molecule has 0 bridgehead atoms. The minimum Gasteiger partial charge on any atom is -0.344 e. The zero-order valence-corrected chi connectivity index (χ0v) is 30.0. The SMILES string of the molecule is c1ccc(-c2ccc(C3=NC(c4ccc5c(c4)C4(c6ccccc6-c6ccccc64)c4ccccc4-5)=NC(c4ccc(-c5ccccc5)cc4)N3)cc2)cc1. The average Bonchev–Trinajstić information content (AvgIpc) is 3.74. The minimum absolute atomic E-state index is 0.325. The van der Waals surface area contributed by atoms with Crippen molar-refractivity contribution in [3.63, 3.8) is 0 Å². The Hall–Kier alpha value is -7.10. The normalized spacial score (nSPS) is 15.6. The second-order valence-corrected chi connectivity index (χ2v) is 14.5. The molecule has 11 rings (SSSR count). The van der Waals surface area contributed by atoms with Gasteiger partial charge in [-0.2, -0.15) is 0 Å². The van der Waals surface area contributed by atoms with E-state index in [2.05, 4.69) is 206 Å². The maximum absolute atomic E-state index is 5.36. The molecule has 3 nitrogen and oxygen atoms in total. The van der Waals surface area contributed by atoms with E-state index in [4.69, 9.17) is 9.98 Å². The Morgan fingerprint density at radius 3 is 1.33 bits per heavy atom. The van der Waals surface area contributed by atoms with E-state index in [0.717, 1.165) is 22.5 Å². The average molecular weight is 702 g/mol. The Kier molecular flexibility index (Phi) is 7.14. The first-order valence-electron chi connectivity index (χ1n) is 18.9. The molecule has 2 aliphatic carbocycles. The molecule has 1 spiro atoms. The van der Waals surface area contributed by atoms with Crippen molar-refractivity contribution in [1.82, 2.24) is 5.32 Å². The van der Waals surface area contributed by atoms with Gasteiger partial charge in [0.05, 0.1) is 5.41 Å². The lowest BCUT2D eigenvalue weighted by Crippen LogP contribution is -2.33. The van der Waals surface area contributed by atoms with Crippen molar-refractivity contribution < 1.29 is 0 Å². The van der Waals surface area contributed by atoms with Gasteiger partial charge in [-0.3, -0.25) is 0 Å². The van der Waals surface area contributed by atoms with Crippen LogP contribution in [-0.4, -0.2) is 11.7 Å². The molecule has 0 aromatic heterocycles. The van der Waals surface area contributed by atoms with Crippen LogP contribution in [0.3, 0.4) is 0 Å². The summed E-state index contributed by atoms with van der Waals surface area (Å²) in [5.41, 5.74) is 17.8. The van der Waals surface area contributed by atoms with Crippen molar-refractivity contribution in [3.8, 4) is 44.5 Å². The molecule has 1 N–H and O–H groups in total. The molecule has 3 heteroatoms. The number of hydrogen-bond donors (Lipinski definition) is 1. The van der Waals surface area contributed by atoms with Gasteiger partial charge in [0.1, 0.15) is 12.0 Å². The van der Waals surface area contributed by atoms with Crippen LogP contribution in [-0.2, 0) is 5.41 Å². The van der Waals surface area contributed by atoms with E-state index in [1.165, 1.54) is 66.8 Å². The van der Waals surface area contributed by atoms with Crippen molar-refractivity contribution in [2.45, 2.75) is 11.6 Å². The van der Waals surface area contributed by atoms with Crippen LogP contribution in [0.25, 0.3) is 44.5 Å². The van der Waals surface area contributed by atoms with Crippen LogP contribution in [0.4, 0.5) is 0 Å². The molecule has 0 radical (unpaired) electrons. The minimum atomic E-state index is -0.435. The van der Waals surface area contributed by atoms with Gasteiger partial charge in [-0.15, -0.1) is 0 Å². The fraction of sp³-hybridized carbons (Fsp3) is 0.0385. The van der Waals surface area contributed by atoms with E-state index in [-0.39, 0.29) is 6.17 Å². The van der Waals surface area contributed by atoms with Crippen LogP contribution >= 0.6 is 0 Å². The summed E-state index contributed by atoms with van der Waals surface area (Å²) in [7, 11) is 0. The fourth-order valence-corrected chi connectivity index (χ4v) is 9.07. The number of benzene rings is 8. The van der Waals surface area contributed by atoms with Gasteiger partial charge < -0.3 is 5.32 Å². The van der Waals surface area contributed by atoms with Crippen LogP contribution in [0, 0.1) is 0 Å². The molecule has 1 atom stereocenters. The smallest absolute Gasteiger partial charge is 0.159 e. The molecule has 1 heterocycles. The summed E-state index contributed by atoms with van der Waals surface area (Å²) in [4.78, 5) is 10.7. The molecule has 55 heavy (non-hydrogen) atoms. The van der Waals surface area contributed by atoms with Crippen molar-refractivity contribution >= 4 is 11.7 Å². The van der Waals surface area contributed by atoms with E-state index >= 15 is 0 Å². The first-order valence-corrected chi connectivity index (χ1v) is 18.9. The zero-order chi connectivity index (χ0) is 36.3. The van der Waals surface area contributed by atoms with Gasteiger partial charge in [-0.05, 0) is 78.4 Å². The molecular formula is C52H35N3. The Morgan fingerprint density at radius 2 is 0.782 bits per heavy atom. The highest BCUT2D eigenvalue weighted by molar-refractivity contribution is 6.13. The van der Waals surface area contributed by atoms with Crippen LogP contribution < -0.4 is 5.32 Å². The number of hydrogen-bond acceptors (Lipinski definition) is 3. The molecule has 1 aliphatic heterocycles. The zero-order valence-electron chi connectivity index (χ0n) is 30.0. The summed E-state index contributed by atoms with van der Waals surface area (Å²) in [5, 5.41) is 3.71. The van der Waals surface area contributed by atoms with Crippen molar-refractivity contribution in [3.05, 3.63) is 239 Å². The van der Waals surface area contributed by atoms with Crippen LogP contribution in [0.5, 0.6) is 0 Å². The first kappa shape index (κ1) is 31.4. The largest absolute Gasteiger partial charge is 0.344 e. The molecular weight excluding hydrogens is 667 g/mol. The molecule has 8 aromatic carbocycles. The molecule has 8 aromatic rings. The van der Waals surface area contributed by atoms with Gasteiger partial charge in [-0.25, -0.2) is 9.98 Å². The number of aliphatic imine (C=N–C) groups is 2. The predicted molar refractivity (Wildman–Crippen MR) is 225 cm³/mol. The van der Waals surface area contributed by atoms with Crippen LogP contribution in [0.1, 0.15) is 45.1 Å². The topological polar surface area (TPSA) is 36.8 Å². The fourth-order valence-electron chi connectivity index (χ4n) is 9.07. The van der Waals surface area contributed by atoms with Gasteiger partial charge in [0, 0.05) is 11.1 Å². The molecule has 0 saturated heterocycles. The van der Waals surface area contributed by atoms with Crippen LogP contribution in [0.15, 0.2) is 210 Å². The highest BCUT2D eigenvalue weighted by atomic mass is 15.2. The third kappa shape index (κ3) is 4.90. The summed E-state index contributed by atoms with van der Waals surface area (Å²) in [6.45, 7) is 0. The summed E-state index contributed by atoms with van der Waals surface area (Å²) in [5.74, 6) is 1.52. The predicted octanol–water partition coefficient (Wildman–Crippen LogP) is 11.9. The van der Waals surface area contributed by atoms with Crippen molar-refractivity contribution in [1.29, 1.82) is 0 Å². The second kappa shape index (κ2) is 12.5. The lowest BCUT2D eigenvalue weighted by atomic mass is 9.70. The second-order valence-electron chi connectivity index (χ2n) is 14.5. The van der Waals surface area contributed by atoms with E-state index in [9.17, 15) is 0 Å². The van der Waals surface area contributed by atoms with Gasteiger partial charge in [0.15, 0.2) is 5.84 Å². The third-order valence-corrected chi connectivity index (χ3v) is 11.6. The van der Waals surface area contributed by atoms with E-state index < -0.39 is 5.41 Å². The van der Waals surface area contributed by atoms with E-state index in [1.807, 2.05) is 0 Å². The van der Waals surface area contributed by atoms with Crippen LogP contribution in [0.2, 0.25) is 0 Å². The lowest BCUT2D eigenvalue weighted by molar-refractivity contribution is 0.674. The van der Waals surface area contributed by atoms with Crippen molar-refractivity contribution in [2.75, 3.05) is 0 Å². The quantitative estimate of drug-likeness (QED) is 0.191. The number of rotatable bonds is 5. The van der Waals surface area contributed by atoms with Gasteiger partial charge in [0.25, 0.3) is 0 Å². The monoisotopic (exact) mass is 701 g/mol. The van der Waals surface area contributed by atoms with E-state index in [0.29, 0.717) is 5.84 Å². The van der Waals surface area contributed by atoms with Gasteiger partial charge in [-0.1, -0.05) is 194 Å². The molecule has 258 valence electrons. The maximum atomic E-state index is 5.36. The third-order valence-electron chi connectivity index (χ3n) is 11.6. The standard InChI is InChI=1S/C52H35N3/c1-3-13-34(14-4-1)36-23-27-38(28-24-36)49-53-50(39-29-25-37(26-30-39)35-15-5-2-6-16-35)55-51(54-49)40-31-32-44-43-19-9-12-22-47(43)52(48(44)33-40)45-20-10-7-17-41(45)42-18-8-11-21-46(42)52/h1-33,49H,(H,53,54,55). The lowest BCUT2D eigenvalue weighted by Gasteiger charge is -2.31. The number of nitrogens with zero attached hydrogens (tertiary/aromatic N) is 2. The number of amidine groups is 2. The molecule has 0 fully saturated rings. The highest BCUT2D eigenvalue weighted by Crippen LogP contribution is 2.62. The first-order chi connectivity index (χ1) is 27.3. The Bertz CT molecular complexity index is 2750. The van der Waals surface area contributed by atoms with Crippen molar-refractivity contribution in [2.24, 2.45) is 9.98 Å².